The maximum Gasteiger partial charge on any atom is 0.417 e. The van der Waals surface area contributed by atoms with Gasteiger partial charge in [-0.05, 0) is 18.2 Å². The van der Waals surface area contributed by atoms with E-state index in [1.165, 1.54) is 6.07 Å². The number of benzene rings is 2. The monoisotopic (exact) mass is 326 g/mol. The molecule has 0 aliphatic carbocycles. The number of nitro groups is 1. The third kappa shape index (κ3) is 3.57. The van der Waals surface area contributed by atoms with Crippen molar-refractivity contribution in [2.24, 2.45) is 0 Å². The lowest BCUT2D eigenvalue weighted by atomic mass is 10.1. The van der Waals surface area contributed by atoms with E-state index >= 15 is 0 Å². The highest BCUT2D eigenvalue weighted by Crippen LogP contribution is 2.33. The molecule has 6 nitrogen and oxygen atoms in total. The summed E-state index contributed by atoms with van der Waals surface area (Å²) in [4.78, 5) is 21.8. The van der Waals surface area contributed by atoms with Crippen LogP contribution in [0.4, 0.5) is 24.5 Å². The Morgan fingerprint density at radius 3 is 2.39 bits per heavy atom. The van der Waals surface area contributed by atoms with Crippen molar-refractivity contribution in [2.45, 2.75) is 6.18 Å². The Bertz CT molecular complexity index is 775. The van der Waals surface area contributed by atoms with Gasteiger partial charge < -0.3 is 10.4 Å². The molecule has 0 radical (unpaired) electrons. The molecule has 2 rings (SSSR count). The molecule has 120 valence electrons. The molecule has 0 saturated heterocycles. The number of hydrogen-bond acceptors (Lipinski definition) is 4. The third-order valence-electron chi connectivity index (χ3n) is 2.92. The molecule has 0 atom stereocenters. The van der Waals surface area contributed by atoms with Gasteiger partial charge >= 0.3 is 6.18 Å². The van der Waals surface area contributed by atoms with E-state index < -0.39 is 39.6 Å². The van der Waals surface area contributed by atoms with Crippen LogP contribution in [0.5, 0.6) is 5.75 Å². The van der Waals surface area contributed by atoms with Gasteiger partial charge in [-0.15, -0.1) is 0 Å². The zero-order valence-corrected chi connectivity index (χ0v) is 11.3. The number of phenols is 1. The number of nitrogens with one attached hydrogen (secondary N) is 1. The van der Waals surface area contributed by atoms with E-state index in [1.807, 2.05) is 0 Å². The summed E-state index contributed by atoms with van der Waals surface area (Å²) in [5.41, 5.74) is -2.41. The fourth-order valence-electron chi connectivity index (χ4n) is 1.86. The summed E-state index contributed by atoms with van der Waals surface area (Å²) < 4.78 is 38.6. The SMILES string of the molecule is O=C(Nc1ccc([N+](=O)[O-])cc1O)c1ccccc1C(F)(F)F. The second-order valence-corrected chi connectivity index (χ2v) is 4.46. The number of alkyl halides is 3. The number of amides is 1. The fourth-order valence-corrected chi connectivity index (χ4v) is 1.86. The Morgan fingerprint density at radius 2 is 1.83 bits per heavy atom. The van der Waals surface area contributed by atoms with Crippen LogP contribution in [0.1, 0.15) is 15.9 Å². The molecule has 1 amide bonds. The molecule has 2 aromatic rings. The maximum absolute atomic E-state index is 12.9. The van der Waals surface area contributed by atoms with Crippen LogP contribution in [-0.4, -0.2) is 15.9 Å². The summed E-state index contributed by atoms with van der Waals surface area (Å²) >= 11 is 0. The van der Waals surface area contributed by atoms with Gasteiger partial charge in [-0.25, -0.2) is 0 Å². The minimum Gasteiger partial charge on any atom is -0.506 e. The molecule has 0 bridgehead atoms. The minimum atomic E-state index is -4.72. The molecule has 0 saturated carbocycles. The topological polar surface area (TPSA) is 92.5 Å². The lowest BCUT2D eigenvalue weighted by Crippen LogP contribution is -2.18. The van der Waals surface area contributed by atoms with Crippen LogP contribution in [0.3, 0.4) is 0 Å². The number of aromatic hydroxyl groups is 1. The van der Waals surface area contributed by atoms with Crippen molar-refractivity contribution in [1.29, 1.82) is 0 Å². The van der Waals surface area contributed by atoms with Crippen molar-refractivity contribution in [1.82, 2.24) is 0 Å². The highest BCUT2D eigenvalue weighted by Gasteiger charge is 2.34. The number of carbonyl (C=O) groups excluding carboxylic acids is 1. The van der Waals surface area contributed by atoms with Crippen LogP contribution in [0, 0.1) is 10.1 Å². The van der Waals surface area contributed by atoms with Gasteiger partial charge in [-0.1, -0.05) is 12.1 Å². The van der Waals surface area contributed by atoms with Crippen molar-refractivity contribution in [2.75, 3.05) is 5.32 Å². The zero-order valence-electron chi connectivity index (χ0n) is 11.3. The molecule has 0 aromatic heterocycles. The van der Waals surface area contributed by atoms with E-state index in [2.05, 4.69) is 5.32 Å². The molecule has 9 heteroatoms. The summed E-state index contributed by atoms with van der Waals surface area (Å²) in [7, 11) is 0. The normalized spacial score (nSPS) is 11.1. The molecular formula is C14H9F3N2O4. The summed E-state index contributed by atoms with van der Waals surface area (Å²) in [6.45, 7) is 0. The average Bonchev–Trinajstić information content (AvgIpc) is 2.48. The van der Waals surface area contributed by atoms with Crippen LogP contribution in [0.2, 0.25) is 0 Å². The molecule has 0 spiro atoms. The minimum absolute atomic E-state index is 0.238. The van der Waals surface area contributed by atoms with Crippen molar-refractivity contribution >= 4 is 17.3 Å². The highest BCUT2D eigenvalue weighted by molar-refractivity contribution is 6.06. The number of nitro benzene ring substituents is 1. The molecule has 23 heavy (non-hydrogen) atoms. The van der Waals surface area contributed by atoms with Crippen LogP contribution >= 0.6 is 0 Å². The number of nitrogens with zero attached hydrogens (tertiary/aromatic N) is 1. The van der Waals surface area contributed by atoms with E-state index in [0.29, 0.717) is 0 Å². The Balaban J connectivity index is 2.32. The highest BCUT2D eigenvalue weighted by atomic mass is 19.4. The quantitative estimate of drug-likeness (QED) is 0.512. The summed E-state index contributed by atoms with van der Waals surface area (Å²) in [6, 6.07) is 6.96. The van der Waals surface area contributed by atoms with Crippen molar-refractivity contribution in [3.8, 4) is 5.75 Å². The van der Waals surface area contributed by atoms with E-state index in [0.717, 1.165) is 36.4 Å². The third-order valence-corrected chi connectivity index (χ3v) is 2.92. The maximum atomic E-state index is 12.9. The Hall–Kier alpha value is -3.10. The summed E-state index contributed by atoms with van der Waals surface area (Å²) in [5.74, 6) is -1.72. The first-order chi connectivity index (χ1) is 10.7. The van der Waals surface area contributed by atoms with Crippen molar-refractivity contribution in [3.63, 3.8) is 0 Å². The van der Waals surface area contributed by atoms with Gasteiger partial charge in [0.25, 0.3) is 11.6 Å². The van der Waals surface area contributed by atoms with Gasteiger partial charge in [0.1, 0.15) is 5.75 Å². The standard InChI is InChI=1S/C14H9F3N2O4/c15-14(16,17)10-4-2-1-3-9(10)13(21)18-11-6-5-8(19(22)23)7-12(11)20/h1-7,20H,(H,18,21). The molecular weight excluding hydrogens is 317 g/mol. The van der Waals surface area contributed by atoms with Crippen LogP contribution in [0.15, 0.2) is 42.5 Å². The predicted molar refractivity (Wildman–Crippen MR) is 74.2 cm³/mol. The number of carbonyl (C=O) groups is 1. The average molecular weight is 326 g/mol. The molecule has 0 aliphatic heterocycles. The summed E-state index contributed by atoms with van der Waals surface area (Å²) in [6.07, 6.45) is -4.72. The van der Waals surface area contributed by atoms with Gasteiger partial charge in [0, 0.05) is 6.07 Å². The first-order valence-electron chi connectivity index (χ1n) is 6.15. The lowest BCUT2D eigenvalue weighted by Gasteiger charge is -2.13. The van der Waals surface area contributed by atoms with Crippen LogP contribution < -0.4 is 5.32 Å². The second kappa shape index (κ2) is 5.95. The van der Waals surface area contributed by atoms with Crippen molar-refractivity contribution < 1.29 is 28.0 Å². The molecule has 0 aliphatic rings. The van der Waals surface area contributed by atoms with Gasteiger partial charge in [0.05, 0.1) is 27.8 Å². The number of phenolic OH excluding ortho intramolecular Hbond substituents is 1. The number of hydrogen-bond donors (Lipinski definition) is 2. The Kier molecular flexibility index (Phi) is 4.21. The fraction of sp³-hybridized carbons (Fsp3) is 0.0714. The van der Waals surface area contributed by atoms with E-state index in [1.54, 1.807) is 0 Å². The molecule has 0 heterocycles. The number of anilines is 1. The lowest BCUT2D eigenvalue weighted by molar-refractivity contribution is -0.384. The molecule has 2 aromatic carbocycles. The number of non-ortho nitro benzene ring substituents is 1. The smallest absolute Gasteiger partial charge is 0.417 e. The first kappa shape index (κ1) is 16.3. The first-order valence-corrected chi connectivity index (χ1v) is 6.15. The molecule has 0 fully saturated rings. The van der Waals surface area contributed by atoms with E-state index in [4.69, 9.17) is 0 Å². The molecule has 0 unspecified atom stereocenters. The number of halogens is 3. The van der Waals surface area contributed by atoms with Crippen molar-refractivity contribution in [3.05, 3.63) is 63.7 Å². The Labute approximate surface area is 127 Å². The van der Waals surface area contributed by atoms with E-state index in [9.17, 15) is 33.2 Å². The van der Waals surface area contributed by atoms with Gasteiger partial charge in [-0.2, -0.15) is 13.2 Å². The second-order valence-electron chi connectivity index (χ2n) is 4.46. The predicted octanol–water partition coefficient (Wildman–Crippen LogP) is 3.57. The van der Waals surface area contributed by atoms with Crippen LogP contribution in [-0.2, 0) is 6.18 Å². The van der Waals surface area contributed by atoms with Gasteiger partial charge in [0.2, 0.25) is 0 Å². The zero-order chi connectivity index (χ0) is 17.2. The molecule has 2 N–H and O–H groups in total. The van der Waals surface area contributed by atoms with Gasteiger partial charge in [-0.3, -0.25) is 14.9 Å². The van der Waals surface area contributed by atoms with Gasteiger partial charge in [0.15, 0.2) is 0 Å². The largest absolute Gasteiger partial charge is 0.506 e. The van der Waals surface area contributed by atoms with Crippen LogP contribution in [0.25, 0.3) is 0 Å². The number of rotatable bonds is 3. The Morgan fingerprint density at radius 1 is 1.17 bits per heavy atom. The summed E-state index contributed by atoms with van der Waals surface area (Å²) in [5, 5.41) is 22.3. The van der Waals surface area contributed by atoms with E-state index in [-0.39, 0.29) is 5.69 Å².